The van der Waals surface area contributed by atoms with Crippen LogP contribution < -0.4 is 0 Å². The number of terminal acetylenes is 1. The van der Waals surface area contributed by atoms with Gasteiger partial charge in [-0.2, -0.15) is 0 Å². The molecular formula is C20H13N. The van der Waals surface area contributed by atoms with Gasteiger partial charge in [0.05, 0.1) is 11.0 Å². The lowest BCUT2D eigenvalue weighted by Gasteiger charge is -2.08. The first-order valence-electron chi connectivity index (χ1n) is 6.94. The van der Waals surface area contributed by atoms with Gasteiger partial charge in [-0.05, 0) is 30.3 Å². The Labute approximate surface area is 123 Å². The number of hydrogen-bond acceptors (Lipinski definition) is 0. The lowest BCUT2D eigenvalue weighted by atomic mass is 10.2. The van der Waals surface area contributed by atoms with E-state index in [-0.39, 0.29) is 0 Å². The summed E-state index contributed by atoms with van der Waals surface area (Å²) in [6.07, 6.45) is 5.54. The van der Waals surface area contributed by atoms with Crippen molar-refractivity contribution in [2.75, 3.05) is 0 Å². The van der Waals surface area contributed by atoms with Crippen LogP contribution in [0.3, 0.4) is 0 Å². The van der Waals surface area contributed by atoms with Gasteiger partial charge in [0.1, 0.15) is 0 Å². The molecule has 98 valence electrons. The van der Waals surface area contributed by atoms with Gasteiger partial charge < -0.3 is 4.57 Å². The van der Waals surface area contributed by atoms with Crippen LogP contribution in [-0.2, 0) is 0 Å². The third-order valence-electron chi connectivity index (χ3n) is 3.85. The topological polar surface area (TPSA) is 4.93 Å². The maximum absolute atomic E-state index is 5.54. The minimum absolute atomic E-state index is 0.898. The largest absolute Gasteiger partial charge is 0.309 e. The molecule has 0 unspecified atom stereocenters. The molecule has 3 aromatic carbocycles. The predicted octanol–water partition coefficient (Wildman–Crippen LogP) is 4.77. The van der Waals surface area contributed by atoms with Gasteiger partial charge in [-0.1, -0.05) is 48.4 Å². The SMILES string of the molecule is C#Cc1cccc(-n2c3ccccc3c3ccccc32)c1. The molecule has 0 atom stereocenters. The van der Waals surface area contributed by atoms with E-state index in [0.29, 0.717) is 0 Å². The monoisotopic (exact) mass is 267 g/mol. The number of fused-ring (bicyclic) bond motifs is 3. The summed E-state index contributed by atoms with van der Waals surface area (Å²) in [6, 6.07) is 25.1. The molecule has 0 bridgehead atoms. The number of aromatic nitrogens is 1. The fourth-order valence-corrected chi connectivity index (χ4v) is 2.94. The van der Waals surface area contributed by atoms with Crippen LogP contribution in [0.4, 0.5) is 0 Å². The maximum atomic E-state index is 5.54. The van der Waals surface area contributed by atoms with E-state index < -0.39 is 0 Å². The molecule has 1 aromatic heterocycles. The highest BCUT2D eigenvalue weighted by Crippen LogP contribution is 2.31. The Morgan fingerprint density at radius 1 is 0.714 bits per heavy atom. The van der Waals surface area contributed by atoms with Crippen LogP contribution in [0.2, 0.25) is 0 Å². The Bertz CT molecular complexity index is 946. The van der Waals surface area contributed by atoms with Crippen molar-refractivity contribution in [2.24, 2.45) is 0 Å². The molecular weight excluding hydrogens is 254 g/mol. The molecule has 21 heavy (non-hydrogen) atoms. The first kappa shape index (κ1) is 11.8. The highest BCUT2D eigenvalue weighted by molar-refractivity contribution is 6.09. The lowest BCUT2D eigenvalue weighted by molar-refractivity contribution is 1.18. The average Bonchev–Trinajstić information content (AvgIpc) is 2.89. The van der Waals surface area contributed by atoms with Crippen LogP contribution in [0, 0.1) is 12.3 Å². The normalized spacial score (nSPS) is 10.8. The summed E-state index contributed by atoms with van der Waals surface area (Å²) in [6.45, 7) is 0. The summed E-state index contributed by atoms with van der Waals surface area (Å²) >= 11 is 0. The fraction of sp³-hybridized carbons (Fsp3) is 0. The Hall–Kier alpha value is -2.98. The Balaban J connectivity index is 2.17. The number of rotatable bonds is 1. The standard InChI is InChI=1S/C20H13N/c1-2-15-8-7-9-16(14-15)21-19-12-5-3-10-17(19)18-11-4-6-13-20(18)21/h1,3-14H. The van der Waals surface area contributed by atoms with Gasteiger partial charge >= 0.3 is 0 Å². The molecule has 0 saturated heterocycles. The van der Waals surface area contributed by atoms with Gasteiger partial charge in [0.25, 0.3) is 0 Å². The lowest BCUT2D eigenvalue weighted by Crippen LogP contribution is -1.93. The van der Waals surface area contributed by atoms with E-state index in [4.69, 9.17) is 6.42 Å². The van der Waals surface area contributed by atoms with Gasteiger partial charge in [-0.25, -0.2) is 0 Å². The van der Waals surface area contributed by atoms with E-state index in [1.165, 1.54) is 21.8 Å². The van der Waals surface area contributed by atoms with Crippen molar-refractivity contribution in [1.29, 1.82) is 0 Å². The van der Waals surface area contributed by atoms with Crippen molar-refractivity contribution in [1.82, 2.24) is 4.57 Å². The molecule has 1 heterocycles. The van der Waals surface area contributed by atoms with E-state index in [9.17, 15) is 0 Å². The van der Waals surface area contributed by atoms with Crippen molar-refractivity contribution in [2.45, 2.75) is 0 Å². The molecule has 1 heteroatoms. The molecule has 0 radical (unpaired) electrons. The average molecular weight is 267 g/mol. The van der Waals surface area contributed by atoms with E-state index in [1.807, 2.05) is 12.1 Å². The zero-order chi connectivity index (χ0) is 14.2. The predicted molar refractivity (Wildman–Crippen MR) is 88.7 cm³/mol. The minimum Gasteiger partial charge on any atom is -0.309 e. The first-order chi connectivity index (χ1) is 10.4. The molecule has 0 fully saturated rings. The van der Waals surface area contributed by atoms with Crippen molar-refractivity contribution >= 4 is 21.8 Å². The third-order valence-corrected chi connectivity index (χ3v) is 3.85. The fourth-order valence-electron chi connectivity index (χ4n) is 2.94. The number of hydrogen-bond donors (Lipinski definition) is 0. The second-order valence-corrected chi connectivity index (χ2v) is 5.06. The molecule has 0 spiro atoms. The van der Waals surface area contributed by atoms with Crippen LogP contribution in [-0.4, -0.2) is 4.57 Å². The van der Waals surface area contributed by atoms with E-state index >= 15 is 0 Å². The summed E-state index contributed by atoms with van der Waals surface area (Å²) in [5.74, 6) is 2.71. The molecule has 1 nitrogen and oxygen atoms in total. The molecule has 0 saturated carbocycles. The number of nitrogens with zero attached hydrogens (tertiary/aromatic N) is 1. The summed E-state index contributed by atoms with van der Waals surface area (Å²) in [5, 5.41) is 2.53. The van der Waals surface area contributed by atoms with Crippen molar-refractivity contribution in [3.05, 3.63) is 78.4 Å². The van der Waals surface area contributed by atoms with Gasteiger partial charge in [-0.3, -0.25) is 0 Å². The van der Waals surface area contributed by atoms with Crippen LogP contribution in [0.1, 0.15) is 5.56 Å². The first-order valence-corrected chi connectivity index (χ1v) is 6.94. The van der Waals surface area contributed by atoms with Crippen molar-refractivity contribution < 1.29 is 0 Å². The molecule has 0 N–H and O–H groups in total. The Morgan fingerprint density at radius 3 is 1.95 bits per heavy atom. The summed E-state index contributed by atoms with van der Waals surface area (Å²) in [4.78, 5) is 0. The molecule has 4 rings (SSSR count). The third kappa shape index (κ3) is 1.74. The second-order valence-electron chi connectivity index (χ2n) is 5.06. The zero-order valence-corrected chi connectivity index (χ0v) is 11.5. The van der Waals surface area contributed by atoms with Crippen molar-refractivity contribution in [3.63, 3.8) is 0 Å². The highest BCUT2D eigenvalue weighted by Gasteiger charge is 2.10. The Kier molecular flexibility index (Phi) is 2.55. The minimum atomic E-state index is 0.898. The molecule has 4 aromatic rings. The van der Waals surface area contributed by atoms with Gasteiger partial charge in [0.15, 0.2) is 0 Å². The summed E-state index contributed by atoms with van der Waals surface area (Å²) < 4.78 is 2.27. The number of para-hydroxylation sites is 2. The van der Waals surface area contributed by atoms with Crippen LogP contribution >= 0.6 is 0 Å². The van der Waals surface area contributed by atoms with Gasteiger partial charge in [0, 0.05) is 22.0 Å². The molecule has 0 aliphatic carbocycles. The van der Waals surface area contributed by atoms with Gasteiger partial charge in [-0.15, -0.1) is 6.42 Å². The van der Waals surface area contributed by atoms with Crippen LogP contribution in [0.15, 0.2) is 72.8 Å². The molecule has 0 aliphatic heterocycles. The van der Waals surface area contributed by atoms with Crippen molar-refractivity contribution in [3.8, 4) is 18.0 Å². The number of benzene rings is 3. The molecule has 0 amide bonds. The zero-order valence-electron chi connectivity index (χ0n) is 11.5. The molecule has 0 aliphatic rings. The van der Waals surface area contributed by atoms with E-state index in [2.05, 4.69) is 71.2 Å². The summed E-state index contributed by atoms with van der Waals surface area (Å²) in [5.41, 5.74) is 4.40. The van der Waals surface area contributed by atoms with Crippen LogP contribution in [0.5, 0.6) is 0 Å². The second kappa shape index (κ2) is 4.54. The quantitative estimate of drug-likeness (QED) is 0.438. The smallest absolute Gasteiger partial charge is 0.0541 e. The maximum Gasteiger partial charge on any atom is 0.0541 e. The Morgan fingerprint density at radius 2 is 1.33 bits per heavy atom. The summed E-state index contributed by atoms with van der Waals surface area (Å²) in [7, 11) is 0. The van der Waals surface area contributed by atoms with E-state index in [0.717, 1.165) is 11.3 Å². The van der Waals surface area contributed by atoms with E-state index in [1.54, 1.807) is 0 Å². The van der Waals surface area contributed by atoms with Gasteiger partial charge in [0.2, 0.25) is 0 Å². The highest BCUT2D eigenvalue weighted by atomic mass is 15.0. The van der Waals surface area contributed by atoms with Crippen LogP contribution in [0.25, 0.3) is 27.5 Å².